The average Bonchev–Trinajstić information content (AvgIpc) is 3.17. The molecule has 0 unspecified atom stereocenters. The van der Waals surface area contributed by atoms with Gasteiger partial charge < -0.3 is 4.42 Å². The molecular formula is C19H13ClF3N3O5S. The normalized spacial score (nSPS) is 11.6. The summed E-state index contributed by atoms with van der Waals surface area (Å²) in [5.74, 6) is -1.83. The Morgan fingerprint density at radius 3 is 2.25 bits per heavy atom. The van der Waals surface area contributed by atoms with Gasteiger partial charge in [0.2, 0.25) is 0 Å². The number of benzene rings is 2. The van der Waals surface area contributed by atoms with Crippen LogP contribution in [-0.2, 0) is 16.2 Å². The second kappa shape index (κ2) is 8.93. The van der Waals surface area contributed by atoms with Crippen LogP contribution in [-0.4, -0.2) is 20.2 Å². The van der Waals surface area contributed by atoms with Crippen LogP contribution >= 0.6 is 11.6 Å². The zero-order valence-corrected chi connectivity index (χ0v) is 17.3. The summed E-state index contributed by atoms with van der Waals surface area (Å²) in [4.78, 5) is 23.7. The highest BCUT2D eigenvalue weighted by molar-refractivity contribution is 7.92. The van der Waals surface area contributed by atoms with Crippen LogP contribution < -0.4 is 15.6 Å². The quantitative estimate of drug-likeness (QED) is 0.473. The summed E-state index contributed by atoms with van der Waals surface area (Å²) in [7, 11) is -4.32. The van der Waals surface area contributed by atoms with E-state index in [9.17, 15) is 31.2 Å². The molecule has 3 N–H and O–H groups in total. The van der Waals surface area contributed by atoms with Gasteiger partial charge in [-0.1, -0.05) is 12.1 Å². The maximum absolute atomic E-state index is 12.8. The first-order valence-corrected chi connectivity index (χ1v) is 10.5. The molecule has 0 bridgehead atoms. The van der Waals surface area contributed by atoms with Gasteiger partial charge in [0.1, 0.15) is 0 Å². The first-order valence-electron chi connectivity index (χ1n) is 8.62. The topological polar surface area (TPSA) is 118 Å². The van der Waals surface area contributed by atoms with Crippen molar-refractivity contribution in [1.29, 1.82) is 0 Å². The van der Waals surface area contributed by atoms with Crippen LogP contribution in [0.4, 0.5) is 18.9 Å². The first-order chi connectivity index (χ1) is 15.0. The number of rotatable bonds is 5. The molecule has 3 aromatic rings. The van der Waals surface area contributed by atoms with Crippen LogP contribution in [0.25, 0.3) is 0 Å². The number of carbonyl (C=O) groups excluding carboxylic acids is 2. The maximum atomic E-state index is 12.8. The largest absolute Gasteiger partial charge is 0.439 e. The zero-order chi connectivity index (χ0) is 23.5. The Morgan fingerprint density at radius 2 is 1.59 bits per heavy atom. The molecule has 1 heterocycles. The number of carbonyl (C=O) groups is 2. The van der Waals surface area contributed by atoms with E-state index < -0.39 is 33.6 Å². The van der Waals surface area contributed by atoms with Crippen molar-refractivity contribution < 1.29 is 35.6 Å². The van der Waals surface area contributed by atoms with E-state index in [1.165, 1.54) is 24.3 Å². The molecule has 0 radical (unpaired) electrons. The summed E-state index contributed by atoms with van der Waals surface area (Å²) in [5, 5.41) is -0.0346. The van der Waals surface area contributed by atoms with Crippen LogP contribution in [0.1, 0.15) is 26.5 Å². The molecule has 0 saturated carbocycles. The molecule has 2 amide bonds. The highest BCUT2D eigenvalue weighted by atomic mass is 35.5. The molecule has 168 valence electrons. The molecule has 2 aromatic carbocycles. The Labute approximate surface area is 184 Å². The van der Waals surface area contributed by atoms with Crippen molar-refractivity contribution >= 4 is 39.1 Å². The van der Waals surface area contributed by atoms with Gasteiger partial charge in [-0.05, 0) is 60.1 Å². The van der Waals surface area contributed by atoms with Gasteiger partial charge in [0.25, 0.3) is 15.9 Å². The third-order valence-corrected chi connectivity index (χ3v) is 5.52. The van der Waals surface area contributed by atoms with E-state index in [2.05, 4.69) is 10.9 Å². The van der Waals surface area contributed by atoms with Crippen molar-refractivity contribution in [3.8, 4) is 0 Å². The fraction of sp³-hybridized carbons (Fsp3) is 0.0526. The molecule has 3 rings (SSSR count). The second-order valence-electron chi connectivity index (χ2n) is 6.22. The van der Waals surface area contributed by atoms with Gasteiger partial charge in [0, 0.05) is 11.3 Å². The van der Waals surface area contributed by atoms with Gasteiger partial charge in [0.05, 0.1) is 10.5 Å². The Hall–Kier alpha value is -3.51. The van der Waals surface area contributed by atoms with E-state index in [0.717, 1.165) is 30.3 Å². The van der Waals surface area contributed by atoms with E-state index in [1.54, 1.807) is 0 Å². The van der Waals surface area contributed by atoms with E-state index >= 15 is 0 Å². The molecule has 32 heavy (non-hydrogen) atoms. The fourth-order valence-corrected chi connectivity index (χ4v) is 3.70. The van der Waals surface area contributed by atoms with Crippen LogP contribution in [0.5, 0.6) is 0 Å². The molecule has 0 spiro atoms. The Balaban J connectivity index is 1.73. The lowest BCUT2D eigenvalue weighted by Gasteiger charge is -2.12. The molecule has 1 aromatic heterocycles. The lowest BCUT2D eigenvalue weighted by atomic mass is 10.2. The highest BCUT2D eigenvalue weighted by Gasteiger charge is 2.30. The summed E-state index contributed by atoms with van der Waals surface area (Å²) in [5.41, 5.74) is 2.67. The minimum Gasteiger partial charge on any atom is -0.439 e. The smallest absolute Gasteiger partial charge is 0.416 e. The lowest BCUT2D eigenvalue weighted by molar-refractivity contribution is -0.137. The van der Waals surface area contributed by atoms with Gasteiger partial charge >= 0.3 is 12.1 Å². The van der Waals surface area contributed by atoms with Crippen LogP contribution in [0.3, 0.4) is 0 Å². The van der Waals surface area contributed by atoms with Crippen LogP contribution in [0, 0.1) is 0 Å². The number of alkyl halides is 3. The molecule has 0 saturated heterocycles. The second-order valence-corrected chi connectivity index (χ2v) is 8.28. The molecule has 0 aliphatic rings. The Kier molecular flexibility index (Phi) is 6.46. The van der Waals surface area contributed by atoms with Crippen LogP contribution in [0.15, 0.2) is 70.0 Å². The third-order valence-electron chi connectivity index (χ3n) is 3.94. The molecule has 0 atom stereocenters. The monoisotopic (exact) mass is 487 g/mol. The SMILES string of the molecule is O=C(NNC(=O)c1ccc(Cl)o1)c1cccc(S(=O)(=O)Nc2cccc(C(F)(F)F)c2)c1. The van der Waals surface area contributed by atoms with Gasteiger partial charge in [-0.3, -0.25) is 25.2 Å². The van der Waals surface area contributed by atoms with E-state index in [4.69, 9.17) is 16.0 Å². The number of hydrogen-bond acceptors (Lipinski definition) is 5. The number of furan rings is 1. The molecule has 13 heteroatoms. The van der Waals surface area contributed by atoms with E-state index in [1.807, 2.05) is 4.72 Å². The first kappa shape index (κ1) is 23.2. The number of anilines is 1. The standard InChI is InChI=1S/C19H13ClF3N3O5S/c20-16-8-7-15(31-16)18(28)25-24-17(27)11-3-1-6-14(9-11)32(29,30)26-13-5-2-4-12(10-13)19(21,22)23/h1-10,26H,(H,24,27)(H,25,28). The van der Waals surface area contributed by atoms with Gasteiger partial charge in [-0.15, -0.1) is 0 Å². The van der Waals surface area contributed by atoms with Gasteiger partial charge in [-0.25, -0.2) is 8.42 Å². The van der Waals surface area contributed by atoms with Crippen LogP contribution in [0.2, 0.25) is 5.22 Å². The van der Waals surface area contributed by atoms with Crippen molar-refractivity contribution in [3.05, 3.63) is 82.8 Å². The number of nitrogens with one attached hydrogen (secondary N) is 3. The minimum atomic E-state index is -4.65. The summed E-state index contributed by atoms with van der Waals surface area (Å²) < 4.78 is 70.6. The number of sulfonamides is 1. The van der Waals surface area contributed by atoms with E-state index in [0.29, 0.717) is 6.07 Å². The van der Waals surface area contributed by atoms with Crippen molar-refractivity contribution in [3.63, 3.8) is 0 Å². The van der Waals surface area contributed by atoms with Gasteiger partial charge in [-0.2, -0.15) is 13.2 Å². The minimum absolute atomic E-state index is 0.0346. The highest BCUT2D eigenvalue weighted by Crippen LogP contribution is 2.31. The van der Waals surface area contributed by atoms with Gasteiger partial charge in [0.15, 0.2) is 11.0 Å². The lowest BCUT2D eigenvalue weighted by Crippen LogP contribution is -2.41. The molecule has 0 aliphatic carbocycles. The van der Waals surface area contributed by atoms with E-state index in [-0.39, 0.29) is 27.1 Å². The number of hydrogen-bond donors (Lipinski definition) is 3. The number of halogens is 4. The molecule has 0 aliphatic heterocycles. The summed E-state index contributed by atoms with van der Waals surface area (Å²) in [6.45, 7) is 0. The summed E-state index contributed by atoms with van der Waals surface area (Å²) in [6.07, 6.45) is -4.65. The zero-order valence-electron chi connectivity index (χ0n) is 15.7. The Morgan fingerprint density at radius 1 is 0.906 bits per heavy atom. The molecular weight excluding hydrogens is 475 g/mol. The third kappa shape index (κ3) is 5.59. The predicted molar refractivity (Wildman–Crippen MR) is 107 cm³/mol. The van der Waals surface area contributed by atoms with Crippen molar-refractivity contribution in [1.82, 2.24) is 10.9 Å². The van der Waals surface area contributed by atoms with Crippen molar-refractivity contribution in [2.45, 2.75) is 11.1 Å². The number of hydrazine groups is 1. The Bertz CT molecular complexity index is 1270. The average molecular weight is 488 g/mol. The molecule has 8 nitrogen and oxygen atoms in total. The summed E-state index contributed by atoms with van der Waals surface area (Å²) >= 11 is 5.56. The predicted octanol–water partition coefficient (Wildman–Crippen LogP) is 3.83. The number of amides is 2. The summed E-state index contributed by atoms with van der Waals surface area (Å²) in [6, 6.07) is 10.9. The fourth-order valence-electron chi connectivity index (χ4n) is 2.46. The van der Waals surface area contributed by atoms with Crippen molar-refractivity contribution in [2.75, 3.05) is 4.72 Å². The molecule has 0 fully saturated rings. The maximum Gasteiger partial charge on any atom is 0.416 e. The van der Waals surface area contributed by atoms with Crippen molar-refractivity contribution in [2.24, 2.45) is 0 Å².